The van der Waals surface area contributed by atoms with E-state index in [1.54, 1.807) is 18.2 Å². The molecule has 6 nitrogen and oxygen atoms in total. The number of amides is 1. The summed E-state index contributed by atoms with van der Waals surface area (Å²) in [7, 11) is 0. The number of hydrogen-bond donors (Lipinski definition) is 1. The number of carbonyl (C=O) groups excluding carboxylic acids is 1. The van der Waals surface area contributed by atoms with Crippen LogP contribution in [0.3, 0.4) is 0 Å². The molecule has 0 saturated heterocycles. The fourth-order valence-corrected chi connectivity index (χ4v) is 5.85. The molecule has 0 radical (unpaired) electrons. The lowest BCUT2D eigenvalue weighted by atomic mass is 9.98. The molecule has 0 spiro atoms. The molecule has 0 fully saturated rings. The van der Waals surface area contributed by atoms with E-state index in [0.717, 1.165) is 44.8 Å². The maximum atomic E-state index is 13.3. The summed E-state index contributed by atoms with van der Waals surface area (Å²) in [6.45, 7) is 8.19. The van der Waals surface area contributed by atoms with Gasteiger partial charge in [-0.25, -0.2) is 4.79 Å². The third-order valence-corrected chi connectivity index (χ3v) is 8.71. The number of nitrogens with zero attached hydrogens (tertiary/aromatic N) is 1. The normalized spacial score (nSPS) is 12.1. The smallest absolute Gasteiger partial charge is 0.339 e. The summed E-state index contributed by atoms with van der Waals surface area (Å²) in [5.74, 6) is 0.808. The molecule has 6 heteroatoms. The molecule has 0 aliphatic rings. The Morgan fingerprint density at radius 2 is 1.35 bits per heavy atom. The summed E-state index contributed by atoms with van der Waals surface area (Å²) >= 11 is 0. The van der Waals surface area contributed by atoms with Crippen molar-refractivity contribution >= 4 is 16.9 Å². The van der Waals surface area contributed by atoms with Crippen LogP contribution < -0.4 is 10.4 Å². The zero-order valence-corrected chi connectivity index (χ0v) is 27.7. The first-order valence-corrected chi connectivity index (χ1v) is 17.7. The van der Waals surface area contributed by atoms with Gasteiger partial charge in [-0.05, 0) is 30.9 Å². The first-order valence-electron chi connectivity index (χ1n) is 17.7. The molecule has 1 aromatic carbocycles. The second-order valence-corrected chi connectivity index (χ2v) is 12.5. The van der Waals surface area contributed by atoms with Crippen molar-refractivity contribution in [3.05, 3.63) is 34.7 Å². The van der Waals surface area contributed by atoms with Crippen molar-refractivity contribution in [3.8, 4) is 11.5 Å². The minimum absolute atomic E-state index is 0.00614. The van der Waals surface area contributed by atoms with Crippen LogP contribution in [0.25, 0.3) is 11.0 Å². The van der Waals surface area contributed by atoms with Crippen molar-refractivity contribution in [3.63, 3.8) is 0 Å². The van der Waals surface area contributed by atoms with Gasteiger partial charge in [0, 0.05) is 19.2 Å². The van der Waals surface area contributed by atoms with Gasteiger partial charge in [-0.15, -0.1) is 0 Å². The molecule has 43 heavy (non-hydrogen) atoms. The molecular formula is C37H61NO5. The Balaban J connectivity index is 1.70. The van der Waals surface area contributed by atoms with Gasteiger partial charge in [0.2, 0.25) is 0 Å². The van der Waals surface area contributed by atoms with Crippen LogP contribution in [0, 0.1) is 5.92 Å². The van der Waals surface area contributed by atoms with Gasteiger partial charge in [0.1, 0.15) is 17.1 Å². The zero-order chi connectivity index (χ0) is 31.1. The third kappa shape index (κ3) is 15.7. The highest BCUT2D eigenvalue weighted by atomic mass is 16.5. The number of carbonyl (C=O) groups is 1. The molecule has 2 rings (SSSR count). The van der Waals surface area contributed by atoms with Crippen molar-refractivity contribution < 1.29 is 19.1 Å². The van der Waals surface area contributed by atoms with Gasteiger partial charge in [-0.2, -0.15) is 0 Å². The fourth-order valence-electron chi connectivity index (χ4n) is 5.85. The third-order valence-electron chi connectivity index (χ3n) is 8.71. The highest BCUT2D eigenvalue weighted by Crippen LogP contribution is 2.26. The van der Waals surface area contributed by atoms with E-state index in [-0.39, 0.29) is 23.8 Å². The van der Waals surface area contributed by atoms with E-state index >= 15 is 0 Å². The van der Waals surface area contributed by atoms with Crippen LogP contribution in [-0.2, 0) is 4.79 Å². The summed E-state index contributed by atoms with van der Waals surface area (Å²) in [5.41, 5.74) is -0.383. The molecule has 1 atom stereocenters. The molecule has 244 valence electrons. The number of aromatic hydroxyl groups is 1. The average Bonchev–Trinajstić information content (AvgIpc) is 3.00. The quantitative estimate of drug-likeness (QED) is 0.0859. The first-order chi connectivity index (χ1) is 21.0. The largest absolute Gasteiger partial charge is 0.507 e. The number of fused-ring (bicyclic) bond motifs is 1. The second kappa shape index (κ2) is 23.0. The second-order valence-electron chi connectivity index (χ2n) is 12.5. The Kier molecular flexibility index (Phi) is 19.6. The number of benzene rings is 1. The van der Waals surface area contributed by atoms with Gasteiger partial charge < -0.3 is 19.2 Å². The topological polar surface area (TPSA) is 80.0 Å². The fraction of sp³-hybridized carbons (Fsp3) is 0.730. The van der Waals surface area contributed by atoms with Crippen molar-refractivity contribution in [2.24, 2.45) is 5.92 Å². The van der Waals surface area contributed by atoms with Crippen molar-refractivity contribution in [1.82, 2.24) is 4.90 Å². The van der Waals surface area contributed by atoms with E-state index < -0.39 is 5.63 Å². The van der Waals surface area contributed by atoms with E-state index in [1.165, 1.54) is 103 Å². The summed E-state index contributed by atoms with van der Waals surface area (Å²) in [4.78, 5) is 26.9. The molecule has 0 bridgehead atoms. The Hall–Kier alpha value is -2.50. The summed E-state index contributed by atoms with van der Waals surface area (Å²) in [6.07, 6.45) is 25.9. The average molecular weight is 600 g/mol. The summed E-state index contributed by atoms with van der Waals surface area (Å²) in [6, 6.07) is 5.93. The van der Waals surface area contributed by atoms with Crippen LogP contribution in [-0.4, -0.2) is 35.6 Å². The lowest BCUT2D eigenvalue weighted by molar-refractivity contribution is -0.134. The number of unbranched alkanes of at least 4 members (excludes halogenated alkanes) is 16. The standard InChI is InChI=1S/C37H61NO5/c1-4-7-9-10-11-12-13-14-15-16-17-18-19-20-21-22-26-38(29-31(6-3)23-8-5-2)36(40)30-42-32-24-25-33-34(39)28-37(41)43-35(33)27-32/h24-25,27-28,31,39H,4-23,26,29-30H2,1-3H3. The van der Waals surface area contributed by atoms with Crippen LogP contribution >= 0.6 is 0 Å². The maximum absolute atomic E-state index is 13.3. The predicted molar refractivity (Wildman–Crippen MR) is 179 cm³/mol. The Labute approximate surface area is 261 Å². The maximum Gasteiger partial charge on any atom is 0.339 e. The Morgan fingerprint density at radius 3 is 1.91 bits per heavy atom. The van der Waals surface area contributed by atoms with E-state index in [9.17, 15) is 14.7 Å². The van der Waals surface area contributed by atoms with Crippen LogP contribution in [0.1, 0.15) is 149 Å². The SMILES string of the molecule is CCCCCCCCCCCCCCCCCCN(CC(CC)CCCC)C(=O)COc1ccc2c(O)cc(=O)oc2c1. The molecule has 0 aliphatic heterocycles. The monoisotopic (exact) mass is 599 g/mol. The lowest BCUT2D eigenvalue weighted by Crippen LogP contribution is -2.39. The highest BCUT2D eigenvalue weighted by molar-refractivity contribution is 5.84. The number of rotatable bonds is 26. The summed E-state index contributed by atoms with van der Waals surface area (Å²) in [5, 5.41) is 10.4. The lowest BCUT2D eigenvalue weighted by Gasteiger charge is -2.27. The predicted octanol–water partition coefficient (Wildman–Crippen LogP) is 10.2. The molecule has 1 heterocycles. The molecule has 0 aliphatic carbocycles. The van der Waals surface area contributed by atoms with Gasteiger partial charge >= 0.3 is 5.63 Å². The first kappa shape index (κ1) is 36.7. The molecule has 2 aromatic rings. The van der Waals surface area contributed by atoms with Gasteiger partial charge in [0.15, 0.2) is 6.61 Å². The van der Waals surface area contributed by atoms with Crippen LogP contribution in [0.5, 0.6) is 11.5 Å². The van der Waals surface area contributed by atoms with E-state index in [4.69, 9.17) is 9.15 Å². The summed E-state index contributed by atoms with van der Waals surface area (Å²) < 4.78 is 11.0. The number of hydrogen-bond acceptors (Lipinski definition) is 5. The van der Waals surface area contributed by atoms with Gasteiger partial charge in [-0.1, -0.05) is 136 Å². The minimum atomic E-state index is -0.624. The van der Waals surface area contributed by atoms with Crippen LogP contribution in [0.15, 0.2) is 33.5 Å². The van der Waals surface area contributed by atoms with Crippen LogP contribution in [0.2, 0.25) is 0 Å². The van der Waals surface area contributed by atoms with Crippen molar-refractivity contribution in [2.75, 3.05) is 19.7 Å². The van der Waals surface area contributed by atoms with Crippen molar-refractivity contribution in [1.29, 1.82) is 0 Å². The molecule has 1 unspecified atom stereocenters. The molecule has 1 amide bonds. The van der Waals surface area contributed by atoms with Gasteiger partial charge in [0.05, 0.1) is 11.5 Å². The minimum Gasteiger partial charge on any atom is -0.507 e. The number of ether oxygens (including phenoxy) is 1. The van der Waals surface area contributed by atoms with E-state index in [1.807, 2.05) is 4.90 Å². The molecule has 0 saturated carbocycles. The van der Waals surface area contributed by atoms with Gasteiger partial charge in [0.25, 0.3) is 5.91 Å². The Bertz CT molecular complexity index is 1060. The highest BCUT2D eigenvalue weighted by Gasteiger charge is 2.19. The van der Waals surface area contributed by atoms with Crippen LogP contribution in [0.4, 0.5) is 0 Å². The molecule has 1 N–H and O–H groups in total. The molecule has 1 aromatic heterocycles. The van der Waals surface area contributed by atoms with Crippen molar-refractivity contribution in [2.45, 2.75) is 149 Å². The van der Waals surface area contributed by atoms with Gasteiger partial charge in [-0.3, -0.25) is 4.79 Å². The van der Waals surface area contributed by atoms with E-state index in [0.29, 0.717) is 17.1 Å². The molecular weight excluding hydrogens is 538 g/mol. The Morgan fingerprint density at radius 1 is 0.791 bits per heavy atom. The zero-order valence-electron chi connectivity index (χ0n) is 27.7. The van der Waals surface area contributed by atoms with E-state index in [2.05, 4.69) is 20.8 Å².